The van der Waals surface area contributed by atoms with Gasteiger partial charge in [-0.25, -0.2) is 0 Å². The monoisotopic (exact) mass is 406 g/mol. The maximum absolute atomic E-state index is 5.58. The molecule has 1 radical (unpaired) electrons. The van der Waals surface area contributed by atoms with Crippen LogP contribution in [0.4, 0.5) is 0 Å². The van der Waals surface area contributed by atoms with Gasteiger partial charge in [0.05, 0.1) is 0 Å². The molecule has 0 bridgehead atoms. The Morgan fingerprint density at radius 2 is 1.17 bits per heavy atom. The summed E-state index contributed by atoms with van der Waals surface area (Å²) in [7, 11) is 0. The van der Waals surface area contributed by atoms with Crippen LogP contribution in [0.1, 0.15) is 11.1 Å². The molecule has 18 heavy (non-hydrogen) atoms. The fourth-order valence-corrected chi connectivity index (χ4v) is 1.85. The minimum atomic E-state index is 0. The van der Waals surface area contributed by atoms with Gasteiger partial charge in [0.25, 0.3) is 0 Å². The zero-order valence-corrected chi connectivity index (χ0v) is 12.9. The molecule has 2 aromatic carbocycles. The van der Waals surface area contributed by atoms with E-state index in [9.17, 15) is 0 Å². The maximum atomic E-state index is 5.58. The van der Waals surface area contributed by atoms with Crippen LogP contribution in [0.3, 0.4) is 0 Å². The van der Waals surface area contributed by atoms with Gasteiger partial charge in [-0.2, -0.15) is 5.92 Å². The van der Waals surface area contributed by atoms with E-state index in [4.69, 9.17) is 6.42 Å². The Morgan fingerprint density at radius 3 is 1.50 bits per heavy atom. The molecule has 2 aromatic rings. The number of benzene rings is 2. The first-order chi connectivity index (χ1) is 8.38. The first-order valence-corrected chi connectivity index (χ1v) is 5.77. The second kappa shape index (κ2) is 7.78. The van der Waals surface area contributed by atoms with Gasteiger partial charge in [0, 0.05) is 20.4 Å². The number of hydrogen-bond donors (Lipinski definition) is 0. The average molecular weight is 406 g/mol. The summed E-state index contributed by atoms with van der Waals surface area (Å²) in [5.74, 6) is 3.94. The summed E-state index contributed by atoms with van der Waals surface area (Å²) in [6, 6.07) is 20.7. The predicted octanol–water partition coefficient (Wildman–Crippen LogP) is 3.68. The quantitative estimate of drug-likeness (QED) is 0.538. The Labute approximate surface area is 123 Å². The summed E-state index contributed by atoms with van der Waals surface area (Å²) in [6.45, 7) is 0. The first-order valence-electron chi connectivity index (χ1n) is 5.77. The predicted molar refractivity (Wildman–Crippen MR) is 72.4 cm³/mol. The zero-order valence-electron chi connectivity index (χ0n) is 10.1. The summed E-state index contributed by atoms with van der Waals surface area (Å²) in [5, 5.41) is 0. The van der Waals surface area contributed by atoms with E-state index in [2.05, 4.69) is 30.2 Å². The molecule has 0 saturated heterocycles. The molecule has 0 nitrogen and oxygen atoms in total. The van der Waals surface area contributed by atoms with Crippen molar-refractivity contribution in [1.29, 1.82) is 0 Å². The number of rotatable bonds is 4. The van der Waals surface area contributed by atoms with Gasteiger partial charge in [0.1, 0.15) is 0 Å². The molecule has 1 heteroatoms. The van der Waals surface area contributed by atoms with Gasteiger partial charge in [-0.1, -0.05) is 84.6 Å². The van der Waals surface area contributed by atoms with Crippen molar-refractivity contribution in [3.63, 3.8) is 0 Å². The molecular formula is C17H15Re-. The summed E-state index contributed by atoms with van der Waals surface area (Å²) >= 11 is 0. The van der Waals surface area contributed by atoms with Crippen molar-refractivity contribution < 1.29 is 20.4 Å². The summed E-state index contributed by atoms with van der Waals surface area (Å²) < 4.78 is 0. The Hall–Kier alpha value is -1.47. The molecule has 0 saturated carbocycles. The van der Waals surface area contributed by atoms with Crippen molar-refractivity contribution in [1.82, 2.24) is 0 Å². The van der Waals surface area contributed by atoms with Crippen LogP contribution < -0.4 is 0 Å². The molecule has 0 aromatic heterocycles. The van der Waals surface area contributed by atoms with Crippen molar-refractivity contribution in [3.05, 3.63) is 77.7 Å². The molecule has 91 valence electrons. The van der Waals surface area contributed by atoms with Gasteiger partial charge in [-0.05, 0) is 0 Å². The third-order valence-corrected chi connectivity index (χ3v) is 2.72. The normalized spacial score (nSPS) is 9.06. The second-order valence-electron chi connectivity index (χ2n) is 4.07. The standard InChI is InChI=1S/C17H15.Re/c1-2-15(13-16-9-5-3-6-10-16)14-17-11-7-4-8-12-17;/h1,3-12H,13-14H2;/q-1;. The number of hydrogen-bond acceptors (Lipinski definition) is 0. The average Bonchev–Trinajstić information content (AvgIpc) is 2.40. The van der Waals surface area contributed by atoms with Crippen molar-refractivity contribution >= 4 is 0 Å². The Kier molecular flexibility index (Phi) is 6.31. The van der Waals surface area contributed by atoms with E-state index in [0.717, 1.165) is 18.8 Å². The van der Waals surface area contributed by atoms with Crippen LogP contribution in [-0.4, -0.2) is 0 Å². The van der Waals surface area contributed by atoms with E-state index < -0.39 is 0 Å². The van der Waals surface area contributed by atoms with Crippen LogP contribution in [0.5, 0.6) is 0 Å². The van der Waals surface area contributed by atoms with Crippen LogP contribution >= 0.6 is 0 Å². The topological polar surface area (TPSA) is 0 Å². The smallest absolute Gasteiger partial charge is 0 e. The minimum Gasteiger partial charge on any atom is -0.344 e. The molecule has 0 N–H and O–H groups in total. The van der Waals surface area contributed by atoms with Gasteiger partial charge in [-0.15, -0.1) is 0 Å². The Morgan fingerprint density at radius 1 is 0.778 bits per heavy atom. The van der Waals surface area contributed by atoms with Crippen LogP contribution in [-0.2, 0) is 33.3 Å². The molecule has 0 aliphatic carbocycles. The maximum Gasteiger partial charge on any atom is 0 e. The molecule has 0 aliphatic heterocycles. The number of terminal acetylenes is 1. The fraction of sp³-hybridized carbons (Fsp3) is 0.118. The fourth-order valence-electron chi connectivity index (χ4n) is 1.85. The first kappa shape index (κ1) is 14.6. The summed E-state index contributed by atoms with van der Waals surface area (Å²) in [5.41, 5.74) is 2.55. The Balaban J connectivity index is 0.00000162. The van der Waals surface area contributed by atoms with Gasteiger partial charge < -0.3 is 6.42 Å². The molecule has 0 amide bonds. The van der Waals surface area contributed by atoms with Gasteiger partial charge in [0.15, 0.2) is 0 Å². The molecule has 0 heterocycles. The van der Waals surface area contributed by atoms with Crippen LogP contribution in [0.2, 0.25) is 0 Å². The van der Waals surface area contributed by atoms with Crippen LogP contribution in [0.15, 0.2) is 60.7 Å². The van der Waals surface area contributed by atoms with Crippen LogP contribution in [0, 0.1) is 18.3 Å². The summed E-state index contributed by atoms with van der Waals surface area (Å²) in [6.07, 6.45) is 7.32. The molecule has 2 rings (SSSR count). The van der Waals surface area contributed by atoms with Crippen LogP contribution in [0.25, 0.3) is 0 Å². The molecule has 0 fully saturated rings. The van der Waals surface area contributed by atoms with Crippen molar-refractivity contribution in [2.24, 2.45) is 0 Å². The van der Waals surface area contributed by atoms with E-state index in [0.29, 0.717) is 0 Å². The van der Waals surface area contributed by atoms with Gasteiger partial charge in [0.2, 0.25) is 0 Å². The van der Waals surface area contributed by atoms with Crippen molar-refractivity contribution in [2.75, 3.05) is 0 Å². The largest absolute Gasteiger partial charge is 0.344 e. The Bertz CT molecular complexity index is 441. The van der Waals surface area contributed by atoms with Crippen molar-refractivity contribution in [3.8, 4) is 12.3 Å². The third kappa shape index (κ3) is 4.42. The molecule has 0 aliphatic rings. The van der Waals surface area contributed by atoms with E-state index >= 15 is 0 Å². The van der Waals surface area contributed by atoms with E-state index in [1.807, 2.05) is 36.4 Å². The molecule has 0 unspecified atom stereocenters. The second-order valence-corrected chi connectivity index (χ2v) is 4.07. The minimum absolute atomic E-state index is 0. The van der Waals surface area contributed by atoms with E-state index in [1.54, 1.807) is 0 Å². The molecular weight excluding hydrogens is 390 g/mol. The summed E-state index contributed by atoms with van der Waals surface area (Å²) in [4.78, 5) is 0. The van der Waals surface area contributed by atoms with E-state index in [-0.39, 0.29) is 20.4 Å². The van der Waals surface area contributed by atoms with E-state index in [1.165, 1.54) is 11.1 Å². The SMILES string of the molecule is C#C[C-](Cc1ccccc1)Cc1ccccc1.[Re]. The molecule has 0 atom stereocenters. The van der Waals surface area contributed by atoms with Crippen molar-refractivity contribution in [2.45, 2.75) is 12.8 Å². The van der Waals surface area contributed by atoms with Gasteiger partial charge >= 0.3 is 0 Å². The molecule has 0 spiro atoms. The van der Waals surface area contributed by atoms with Gasteiger partial charge in [-0.3, -0.25) is 5.92 Å². The third-order valence-electron chi connectivity index (χ3n) is 2.72. The zero-order chi connectivity index (χ0) is 11.9.